The fourth-order valence-electron chi connectivity index (χ4n) is 5.35. The normalized spacial score (nSPS) is 17.4. The van der Waals surface area contributed by atoms with Crippen LogP contribution in [-0.2, 0) is 9.53 Å². The lowest BCUT2D eigenvalue weighted by Gasteiger charge is -2.34. The van der Waals surface area contributed by atoms with E-state index < -0.39 is 18.1 Å². The number of nitrogens with one attached hydrogen (secondary N) is 1. The quantitative estimate of drug-likeness (QED) is 0.569. The maximum Gasteiger partial charge on any atom is 0.407 e. The molecule has 0 bridgehead atoms. The van der Waals surface area contributed by atoms with Gasteiger partial charge in [-0.3, -0.25) is 9.69 Å². The molecule has 0 saturated heterocycles. The Morgan fingerprint density at radius 3 is 2.18 bits per heavy atom. The first-order valence-electron chi connectivity index (χ1n) is 12.0. The van der Waals surface area contributed by atoms with Crippen LogP contribution in [0.3, 0.4) is 0 Å². The third kappa shape index (κ3) is 5.22. The molecule has 2 N–H and O–H groups in total. The molecule has 176 valence electrons. The van der Waals surface area contributed by atoms with Crippen molar-refractivity contribution in [3.8, 4) is 11.1 Å². The molecule has 4 rings (SSSR count). The first-order chi connectivity index (χ1) is 16.0. The highest BCUT2D eigenvalue weighted by atomic mass is 16.5. The smallest absolute Gasteiger partial charge is 0.407 e. The Bertz CT molecular complexity index is 940. The number of amides is 1. The van der Waals surface area contributed by atoms with Crippen molar-refractivity contribution >= 4 is 12.1 Å². The monoisotopic (exact) mass is 450 g/mol. The molecule has 0 aromatic heterocycles. The Morgan fingerprint density at radius 2 is 1.61 bits per heavy atom. The Hall–Kier alpha value is -2.86. The molecule has 1 amide bonds. The van der Waals surface area contributed by atoms with Gasteiger partial charge in [0.25, 0.3) is 0 Å². The van der Waals surface area contributed by atoms with Gasteiger partial charge in [-0.1, -0.05) is 61.4 Å². The number of carboxylic acids is 1. The van der Waals surface area contributed by atoms with Gasteiger partial charge >= 0.3 is 12.1 Å². The molecular weight excluding hydrogens is 416 g/mol. The van der Waals surface area contributed by atoms with Crippen LogP contribution in [0.15, 0.2) is 48.5 Å². The number of fused-ring (bicyclic) bond motifs is 3. The predicted molar refractivity (Wildman–Crippen MR) is 128 cm³/mol. The minimum absolute atomic E-state index is 0.0199. The minimum Gasteiger partial charge on any atom is -0.480 e. The molecule has 2 aromatic carbocycles. The minimum atomic E-state index is -0.832. The summed E-state index contributed by atoms with van der Waals surface area (Å²) in [5.74, 6) is -0.281. The zero-order valence-corrected chi connectivity index (χ0v) is 19.5. The number of carboxylic acid groups (broad SMARTS) is 1. The van der Waals surface area contributed by atoms with Crippen molar-refractivity contribution in [1.29, 1.82) is 0 Å². The number of hydrogen-bond donors (Lipinski definition) is 2. The highest BCUT2D eigenvalue weighted by molar-refractivity contribution is 5.79. The van der Waals surface area contributed by atoms with E-state index in [9.17, 15) is 14.7 Å². The lowest BCUT2D eigenvalue weighted by molar-refractivity contribution is -0.143. The summed E-state index contributed by atoms with van der Waals surface area (Å²) in [5.41, 5.74) is 4.75. The first-order valence-corrected chi connectivity index (χ1v) is 12.0. The number of aliphatic carboxylic acids is 1. The average Bonchev–Trinajstić information content (AvgIpc) is 3.45. The van der Waals surface area contributed by atoms with Crippen LogP contribution in [0.2, 0.25) is 0 Å². The van der Waals surface area contributed by atoms with Gasteiger partial charge in [-0.2, -0.15) is 0 Å². The van der Waals surface area contributed by atoms with Gasteiger partial charge in [0.15, 0.2) is 0 Å². The van der Waals surface area contributed by atoms with Crippen LogP contribution >= 0.6 is 0 Å². The standard InChI is InChI=1S/C27H34N2O4/c1-18(29(19(2)26(30)31)16-20-9-3-4-10-20)15-28-27(32)33-17-25-23-13-7-5-11-21(23)22-12-6-8-14-24(22)25/h5-8,11-14,18-20,25H,3-4,9-10,15-17H2,1-2H3,(H,28,32)(H,30,31)/t18-,19+/m1/s1. The van der Waals surface area contributed by atoms with Crippen molar-refractivity contribution in [1.82, 2.24) is 10.2 Å². The van der Waals surface area contributed by atoms with Crippen LogP contribution in [0.4, 0.5) is 4.79 Å². The molecule has 0 unspecified atom stereocenters. The van der Waals surface area contributed by atoms with E-state index in [1.54, 1.807) is 6.92 Å². The van der Waals surface area contributed by atoms with Crippen LogP contribution < -0.4 is 5.32 Å². The predicted octanol–water partition coefficient (Wildman–Crippen LogP) is 4.88. The molecule has 2 atom stereocenters. The number of nitrogens with zero attached hydrogens (tertiary/aromatic N) is 1. The Morgan fingerprint density at radius 1 is 1.03 bits per heavy atom. The van der Waals surface area contributed by atoms with E-state index in [-0.39, 0.29) is 18.6 Å². The van der Waals surface area contributed by atoms with Crippen molar-refractivity contribution in [2.24, 2.45) is 5.92 Å². The van der Waals surface area contributed by atoms with Crippen molar-refractivity contribution in [3.63, 3.8) is 0 Å². The van der Waals surface area contributed by atoms with E-state index in [4.69, 9.17) is 4.74 Å². The third-order valence-corrected chi connectivity index (χ3v) is 7.25. The summed E-state index contributed by atoms with van der Waals surface area (Å²) >= 11 is 0. The van der Waals surface area contributed by atoms with Crippen LogP contribution in [0.5, 0.6) is 0 Å². The van der Waals surface area contributed by atoms with E-state index in [0.717, 1.165) is 19.4 Å². The molecule has 0 spiro atoms. The maximum absolute atomic E-state index is 12.5. The van der Waals surface area contributed by atoms with Gasteiger partial charge in [0.05, 0.1) is 0 Å². The van der Waals surface area contributed by atoms with Crippen LogP contribution in [-0.4, -0.2) is 53.8 Å². The number of hydrogen-bond acceptors (Lipinski definition) is 4. The molecule has 6 heteroatoms. The molecule has 1 saturated carbocycles. The van der Waals surface area contributed by atoms with E-state index in [1.807, 2.05) is 36.1 Å². The van der Waals surface area contributed by atoms with Crippen molar-refractivity contribution in [3.05, 3.63) is 59.7 Å². The fourth-order valence-corrected chi connectivity index (χ4v) is 5.35. The maximum atomic E-state index is 12.5. The Balaban J connectivity index is 1.33. The molecular formula is C27H34N2O4. The molecule has 0 aliphatic heterocycles. The van der Waals surface area contributed by atoms with Crippen molar-refractivity contribution < 1.29 is 19.4 Å². The molecule has 2 aliphatic rings. The average molecular weight is 451 g/mol. The molecule has 33 heavy (non-hydrogen) atoms. The SMILES string of the molecule is C[C@H](CNC(=O)OCC1c2ccccc2-c2ccccc21)N(CC1CCCC1)[C@@H](C)C(=O)O. The summed E-state index contributed by atoms with van der Waals surface area (Å²) in [6.45, 7) is 5.06. The summed E-state index contributed by atoms with van der Waals surface area (Å²) in [5, 5.41) is 12.4. The number of ether oxygens (including phenoxy) is 1. The molecule has 2 aromatic rings. The molecule has 2 aliphatic carbocycles. The van der Waals surface area contributed by atoms with Gasteiger partial charge < -0.3 is 15.2 Å². The lowest BCUT2D eigenvalue weighted by Crippen LogP contribution is -2.50. The van der Waals surface area contributed by atoms with Crippen molar-refractivity contribution in [2.45, 2.75) is 57.5 Å². The van der Waals surface area contributed by atoms with Gasteiger partial charge in [-0.25, -0.2) is 4.79 Å². The lowest BCUT2D eigenvalue weighted by atomic mass is 9.98. The summed E-state index contributed by atoms with van der Waals surface area (Å²) in [7, 11) is 0. The van der Waals surface area contributed by atoms with Crippen molar-refractivity contribution in [2.75, 3.05) is 19.7 Å². The number of carbonyl (C=O) groups excluding carboxylic acids is 1. The van der Waals surface area contributed by atoms with Gasteiger partial charge in [-0.15, -0.1) is 0 Å². The van der Waals surface area contributed by atoms with Gasteiger partial charge in [-0.05, 0) is 54.9 Å². The van der Waals surface area contributed by atoms with Gasteiger partial charge in [0.2, 0.25) is 0 Å². The topological polar surface area (TPSA) is 78.9 Å². The number of rotatable bonds is 9. The van der Waals surface area contributed by atoms with Crippen LogP contribution in [0.25, 0.3) is 11.1 Å². The first kappa shape index (κ1) is 23.3. The van der Waals surface area contributed by atoms with Gasteiger partial charge in [0, 0.05) is 25.0 Å². The molecule has 0 radical (unpaired) electrons. The van der Waals surface area contributed by atoms with Crippen LogP contribution in [0.1, 0.15) is 56.6 Å². The fraction of sp³-hybridized carbons (Fsp3) is 0.481. The highest BCUT2D eigenvalue weighted by Gasteiger charge is 2.31. The van der Waals surface area contributed by atoms with E-state index in [1.165, 1.54) is 35.1 Å². The molecule has 6 nitrogen and oxygen atoms in total. The van der Waals surface area contributed by atoms with Crippen LogP contribution in [0, 0.1) is 5.92 Å². The van der Waals surface area contributed by atoms with E-state index in [0.29, 0.717) is 12.5 Å². The van der Waals surface area contributed by atoms with E-state index in [2.05, 4.69) is 29.6 Å². The Kier molecular flexibility index (Phi) is 7.33. The highest BCUT2D eigenvalue weighted by Crippen LogP contribution is 2.44. The van der Waals surface area contributed by atoms with E-state index >= 15 is 0 Å². The Labute approximate surface area is 195 Å². The second-order valence-electron chi connectivity index (χ2n) is 9.42. The second-order valence-corrected chi connectivity index (χ2v) is 9.42. The second kappa shape index (κ2) is 10.4. The zero-order valence-electron chi connectivity index (χ0n) is 19.5. The summed E-state index contributed by atoms with van der Waals surface area (Å²) in [4.78, 5) is 26.2. The number of carbonyl (C=O) groups is 2. The summed E-state index contributed by atoms with van der Waals surface area (Å²) in [6, 6.07) is 15.8. The van der Waals surface area contributed by atoms with Gasteiger partial charge in [0.1, 0.15) is 12.6 Å². The number of alkyl carbamates (subject to hydrolysis) is 1. The third-order valence-electron chi connectivity index (χ3n) is 7.25. The molecule has 1 fully saturated rings. The summed E-state index contributed by atoms with van der Waals surface area (Å²) in [6.07, 6.45) is 4.26. The molecule has 0 heterocycles. The zero-order chi connectivity index (χ0) is 23.4. The largest absolute Gasteiger partial charge is 0.480 e. The number of benzene rings is 2. The summed E-state index contributed by atoms with van der Waals surface area (Å²) < 4.78 is 5.63.